The fraction of sp³-hybridized carbons (Fsp3) is 0.250. The number of H-pyrrole nitrogens is 1. The van der Waals surface area contributed by atoms with Crippen LogP contribution in [0.4, 0.5) is 0 Å². The monoisotopic (exact) mass is 208 g/mol. The van der Waals surface area contributed by atoms with Gasteiger partial charge in [0.15, 0.2) is 11.2 Å². The van der Waals surface area contributed by atoms with Crippen LogP contribution in [0.2, 0.25) is 0 Å². The van der Waals surface area contributed by atoms with Crippen molar-refractivity contribution in [3.63, 3.8) is 0 Å². The maximum atomic E-state index is 11.4. The van der Waals surface area contributed by atoms with E-state index in [1.807, 2.05) is 0 Å². The third-order valence-corrected chi connectivity index (χ3v) is 2.22. The van der Waals surface area contributed by atoms with Crippen molar-refractivity contribution in [1.29, 1.82) is 0 Å². The van der Waals surface area contributed by atoms with Gasteiger partial charge in [-0.2, -0.15) is 0 Å². The summed E-state index contributed by atoms with van der Waals surface area (Å²) in [5.41, 5.74) is -1.27. The molecule has 0 atom stereocenters. The molecule has 0 aliphatic rings. The Bertz CT molecular complexity index is 698. The lowest BCUT2D eigenvalue weighted by Gasteiger charge is -2.06. The van der Waals surface area contributed by atoms with Crippen molar-refractivity contribution in [2.24, 2.45) is 14.1 Å². The summed E-state index contributed by atoms with van der Waals surface area (Å²) < 4.78 is 2.38. The van der Waals surface area contributed by atoms with Gasteiger partial charge in [-0.3, -0.25) is 23.7 Å². The molecule has 0 aliphatic heterocycles. The Labute approximate surface area is 82.6 Å². The summed E-state index contributed by atoms with van der Waals surface area (Å²) in [5, 5.41) is 0. The molecule has 2 heterocycles. The molecular formula is C8H8N4O3. The molecule has 0 aromatic carbocycles. The second-order valence-corrected chi connectivity index (χ2v) is 3.15. The minimum absolute atomic E-state index is 0.0687. The van der Waals surface area contributed by atoms with Gasteiger partial charge in [0.1, 0.15) is 0 Å². The van der Waals surface area contributed by atoms with E-state index in [0.29, 0.717) is 0 Å². The fourth-order valence-electron chi connectivity index (χ4n) is 1.41. The molecule has 0 saturated carbocycles. The minimum atomic E-state index is -0.594. The lowest BCUT2D eigenvalue weighted by atomic mass is 10.5. The van der Waals surface area contributed by atoms with E-state index in [-0.39, 0.29) is 16.7 Å². The van der Waals surface area contributed by atoms with Gasteiger partial charge < -0.3 is 0 Å². The summed E-state index contributed by atoms with van der Waals surface area (Å²) in [6, 6.07) is 0. The second-order valence-electron chi connectivity index (χ2n) is 3.15. The highest BCUT2D eigenvalue weighted by atomic mass is 16.2. The van der Waals surface area contributed by atoms with Gasteiger partial charge in [-0.1, -0.05) is 0 Å². The summed E-state index contributed by atoms with van der Waals surface area (Å²) in [6.07, 6.45) is 1.04. The van der Waals surface area contributed by atoms with E-state index < -0.39 is 11.2 Å². The van der Waals surface area contributed by atoms with Gasteiger partial charge in [0.25, 0.3) is 11.1 Å². The van der Waals surface area contributed by atoms with Crippen molar-refractivity contribution in [2.45, 2.75) is 0 Å². The molecule has 0 aliphatic carbocycles. The molecule has 0 fully saturated rings. The predicted octanol–water partition coefficient (Wildman–Crippen LogP) is -1.68. The minimum Gasteiger partial charge on any atom is -0.294 e. The van der Waals surface area contributed by atoms with Crippen LogP contribution in [0.25, 0.3) is 11.2 Å². The number of rotatable bonds is 0. The molecule has 0 bridgehead atoms. The van der Waals surface area contributed by atoms with Crippen LogP contribution in [0.1, 0.15) is 0 Å². The van der Waals surface area contributed by atoms with Crippen molar-refractivity contribution in [3.8, 4) is 0 Å². The molecule has 2 rings (SSSR count). The van der Waals surface area contributed by atoms with Crippen LogP contribution in [0.3, 0.4) is 0 Å². The number of aromatic amines is 1. The highest BCUT2D eigenvalue weighted by Gasteiger charge is 2.08. The molecule has 0 amide bonds. The van der Waals surface area contributed by atoms with Crippen molar-refractivity contribution in [2.75, 3.05) is 0 Å². The maximum absolute atomic E-state index is 11.4. The number of hydrogen-bond donors (Lipinski definition) is 1. The average molecular weight is 208 g/mol. The normalized spacial score (nSPS) is 10.8. The van der Waals surface area contributed by atoms with Gasteiger partial charge in [0, 0.05) is 14.1 Å². The molecule has 1 N–H and O–H groups in total. The van der Waals surface area contributed by atoms with Crippen LogP contribution in [-0.2, 0) is 14.1 Å². The first kappa shape index (κ1) is 9.38. The van der Waals surface area contributed by atoms with Crippen LogP contribution in [-0.4, -0.2) is 19.1 Å². The molecule has 78 valence electrons. The second kappa shape index (κ2) is 2.91. The quantitative estimate of drug-likeness (QED) is 0.560. The van der Waals surface area contributed by atoms with Crippen LogP contribution >= 0.6 is 0 Å². The molecule has 0 spiro atoms. The number of nitrogens with zero attached hydrogens (tertiary/aromatic N) is 3. The molecular weight excluding hydrogens is 200 g/mol. The zero-order valence-electron chi connectivity index (χ0n) is 8.14. The molecule has 7 heteroatoms. The Hall–Kier alpha value is -2.18. The van der Waals surface area contributed by atoms with E-state index in [4.69, 9.17) is 0 Å². The number of fused-ring (bicyclic) bond motifs is 1. The third kappa shape index (κ3) is 1.20. The first-order valence-electron chi connectivity index (χ1n) is 4.17. The van der Waals surface area contributed by atoms with Gasteiger partial charge in [0.05, 0.1) is 6.20 Å². The van der Waals surface area contributed by atoms with E-state index in [1.54, 1.807) is 0 Å². The smallest absolute Gasteiger partial charge is 0.294 e. The van der Waals surface area contributed by atoms with Gasteiger partial charge >= 0.3 is 5.69 Å². The Morgan fingerprint density at radius 2 is 1.87 bits per heavy atom. The summed E-state index contributed by atoms with van der Waals surface area (Å²) >= 11 is 0. The van der Waals surface area contributed by atoms with Gasteiger partial charge in [0.2, 0.25) is 0 Å². The Morgan fingerprint density at radius 3 is 2.53 bits per heavy atom. The summed E-state index contributed by atoms with van der Waals surface area (Å²) in [4.78, 5) is 39.7. The zero-order valence-corrected chi connectivity index (χ0v) is 8.14. The Balaban J connectivity index is 3.26. The first-order chi connectivity index (χ1) is 7.02. The number of nitrogens with one attached hydrogen (secondary N) is 1. The molecule has 7 nitrogen and oxygen atoms in total. The first-order valence-corrected chi connectivity index (χ1v) is 4.17. The van der Waals surface area contributed by atoms with E-state index >= 15 is 0 Å². The molecule has 0 unspecified atom stereocenters. The molecule has 0 saturated heterocycles. The van der Waals surface area contributed by atoms with E-state index in [0.717, 1.165) is 6.20 Å². The highest BCUT2D eigenvalue weighted by molar-refractivity contribution is 5.68. The van der Waals surface area contributed by atoms with E-state index in [9.17, 15) is 14.4 Å². The highest BCUT2D eigenvalue weighted by Crippen LogP contribution is 1.97. The lowest BCUT2D eigenvalue weighted by Crippen LogP contribution is -2.33. The van der Waals surface area contributed by atoms with Crippen LogP contribution in [0.15, 0.2) is 20.6 Å². The fourth-order valence-corrected chi connectivity index (χ4v) is 1.41. The van der Waals surface area contributed by atoms with Crippen molar-refractivity contribution in [3.05, 3.63) is 37.4 Å². The van der Waals surface area contributed by atoms with Crippen molar-refractivity contribution in [1.82, 2.24) is 19.1 Å². The van der Waals surface area contributed by atoms with Crippen LogP contribution in [0, 0.1) is 0 Å². The van der Waals surface area contributed by atoms with E-state index in [1.165, 1.54) is 23.2 Å². The SMILES string of the molecule is Cn1c(=O)cnc2c(=O)[nH]c(=O)n(C)c21. The average Bonchev–Trinajstić information content (AvgIpc) is 2.19. The maximum Gasteiger partial charge on any atom is 0.329 e. The van der Waals surface area contributed by atoms with Gasteiger partial charge in [-0.05, 0) is 0 Å². The topological polar surface area (TPSA) is 89.8 Å². The van der Waals surface area contributed by atoms with Crippen LogP contribution in [0.5, 0.6) is 0 Å². The molecule has 0 radical (unpaired) electrons. The standard InChI is InChI=1S/C8H8N4O3/c1-11-4(13)3-9-5-6(14)10-8(15)12(2)7(5)11/h3H,1-2H3,(H,10,14,15). The number of aryl methyl sites for hydroxylation is 2. The molecule has 2 aromatic rings. The lowest BCUT2D eigenvalue weighted by molar-refractivity contribution is 0.763. The number of aromatic nitrogens is 4. The number of hydrogen-bond acceptors (Lipinski definition) is 4. The van der Waals surface area contributed by atoms with Crippen molar-refractivity contribution < 1.29 is 0 Å². The predicted molar refractivity (Wildman–Crippen MR) is 52.8 cm³/mol. The molecule has 2 aromatic heterocycles. The van der Waals surface area contributed by atoms with Gasteiger partial charge in [-0.25, -0.2) is 9.78 Å². The summed E-state index contributed by atoms with van der Waals surface area (Å²) in [5.74, 6) is 0. The Kier molecular flexibility index (Phi) is 1.82. The summed E-state index contributed by atoms with van der Waals surface area (Å²) in [7, 11) is 2.94. The summed E-state index contributed by atoms with van der Waals surface area (Å²) in [6.45, 7) is 0. The van der Waals surface area contributed by atoms with E-state index in [2.05, 4.69) is 9.97 Å². The van der Waals surface area contributed by atoms with Crippen LogP contribution < -0.4 is 16.8 Å². The largest absolute Gasteiger partial charge is 0.329 e. The third-order valence-electron chi connectivity index (χ3n) is 2.22. The van der Waals surface area contributed by atoms with Gasteiger partial charge in [-0.15, -0.1) is 0 Å². The molecule has 15 heavy (non-hydrogen) atoms. The zero-order chi connectivity index (χ0) is 11.2. The Morgan fingerprint density at radius 1 is 1.20 bits per heavy atom. The van der Waals surface area contributed by atoms with Crippen molar-refractivity contribution >= 4 is 11.2 Å².